The van der Waals surface area contributed by atoms with E-state index < -0.39 is 5.91 Å². The van der Waals surface area contributed by atoms with Crippen molar-refractivity contribution in [3.63, 3.8) is 0 Å². The van der Waals surface area contributed by atoms with E-state index in [9.17, 15) is 4.79 Å². The van der Waals surface area contributed by atoms with Gasteiger partial charge in [-0.1, -0.05) is 17.2 Å². The number of carbonyl (C=O) groups excluding carboxylic acids is 1. The molecule has 0 saturated heterocycles. The number of ether oxygens (including phenoxy) is 1. The first-order valence-corrected chi connectivity index (χ1v) is 8.51. The predicted molar refractivity (Wildman–Crippen MR) is 92.9 cm³/mol. The molecule has 0 aliphatic carbocycles. The first kappa shape index (κ1) is 15.4. The Hall–Kier alpha value is -3.13. The smallest absolute Gasteiger partial charge is 0.322 e. The van der Waals surface area contributed by atoms with Gasteiger partial charge in [0.05, 0.1) is 6.61 Å². The van der Waals surface area contributed by atoms with Gasteiger partial charge in [-0.15, -0.1) is 5.10 Å². The first-order valence-electron chi connectivity index (χ1n) is 7.57. The summed E-state index contributed by atoms with van der Waals surface area (Å²) in [5, 5.41) is 14.8. The van der Waals surface area contributed by atoms with Crippen molar-refractivity contribution in [2.24, 2.45) is 0 Å². The fourth-order valence-electron chi connectivity index (χ4n) is 2.35. The number of rotatable bonds is 5. The maximum Gasteiger partial charge on any atom is 0.322 e. The molecule has 25 heavy (non-hydrogen) atoms. The van der Waals surface area contributed by atoms with Gasteiger partial charge in [0.1, 0.15) is 0 Å². The van der Waals surface area contributed by atoms with Crippen LogP contribution in [0, 0.1) is 0 Å². The molecule has 4 aromatic rings. The second-order valence-electron chi connectivity index (χ2n) is 5.10. The van der Waals surface area contributed by atoms with E-state index in [-0.39, 0.29) is 11.8 Å². The van der Waals surface area contributed by atoms with Gasteiger partial charge in [-0.2, -0.15) is 11.3 Å². The molecule has 0 atom stereocenters. The van der Waals surface area contributed by atoms with E-state index in [1.54, 1.807) is 12.1 Å². The largest absolute Gasteiger partial charge is 0.490 e. The molecule has 0 unspecified atom stereocenters. The topological polar surface area (TPSA) is 90.4 Å². The molecule has 3 aromatic heterocycles. The number of nitrogens with zero attached hydrogens (tertiary/aromatic N) is 2. The summed E-state index contributed by atoms with van der Waals surface area (Å²) in [7, 11) is 0. The summed E-state index contributed by atoms with van der Waals surface area (Å²) in [6.07, 6.45) is 0. The molecule has 7 nitrogen and oxygen atoms in total. The Balaban J connectivity index is 1.57. The number of amides is 1. The van der Waals surface area contributed by atoms with E-state index in [0.29, 0.717) is 23.8 Å². The number of benzene rings is 1. The molecule has 3 heterocycles. The number of hydrogen-bond donors (Lipinski definition) is 1. The quantitative estimate of drug-likeness (QED) is 0.577. The SMILES string of the molecule is CCOc1cccc2cc(C(=O)Nc3nnc(-c4ccsc4)o3)oc12. The monoisotopic (exact) mass is 355 g/mol. The van der Waals surface area contributed by atoms with Gasteiger partial charge in [-0.05, 0) is 30.5 Å². The number of furan rings is 1. The van der Waals surface area contributed by atoms with Crippen LogP contribution in [0.3, 0.4) is 0 Å². The summed E-state index contributed by atoms with van der Waals surface area (Å²) in [4.78, 5) is 12.4. The van der Waals surface area contributed by atoms with Crippen LogP contribution in [0.25, 0.3) is 22.4 Å². The molecule has 0 fully saturated rings. The lowest BCUT2D eigenvalue weighted by molar-refractivity contribution is 0.0995. The highest BCUT2D eigenvalue weighted by Crippen LogP contribution is 2.29. The third kappa shape index (κ3) is 2.99. The van der Waals surface area contributed by atoms with Gasteiger partial charge in [0.25, 0.3) is 11.8 Å². The molecule has 0 bridgehead atoms. The van der Waals surface area contributed by atoms with Crippen molar-refractivity contribution in [3.05, 3.63) is 46.9 Å². The molecule has 1 aromatic carbocycles. The second-order valence-corrected chi connectivity index (χ2v) is 5.88. The normalized spacial score (nSPS) is 10.9. The summed E-state index contributed by atoms with van der Waals surface area (Å²) in [6.45, 7) is 2.39. The van der Waals surface area contributed by atoms with Crippen LogP contribution in [0.15, 0.2) is 49.9 Å². The Morgan fingerprint density at radius 3 is 3.00 bits per heavy atom. The average Bonchev–Trinajstić information content (AvgIpc) is 3.35. The minimum atomic E-state index is -0.473. The number of anilines is 1. The van der Waals surface area contributed by atoms with Crippen LogP contribution in [0.4, 0.5) is 6.01 Å². The first-order chi connectivity index (χ1) is 12.2. The Morgan fingerprint density at radius 2 is 2.20 bits per heavy atom. The summed E-state index contributed by atoms with van der Waals surface area (Å²) in [5.41, 5.74) is 1.34. The highest BCUT2D eigenvalue weighted by atomic mass is 32.1. The van der Waals surface area contributed by atoms with Crippen molar-refractivity contribution in [2.75, 3.05) is 11.9 Å². The highest BCUT2D eigenvalue weighted by molar-refractivity contribution is 7.08. The predicted octanol–water partition coefficient (Wildman–Crippen LogP) is 4.20. The van der Waals surface area contributed by atoms with Crippen molar-refractivity contribution in [1.82, 2.24) is 10.2 Å². The Morgan fingerprint density at radius 1 is 1.28 bits per heavy atom. The maximum absolute atomic E-state index is 12.4. The van der Waals surface area contributed by atoms with E-state index in [1.165, 1.54) is 11.3 Å². The lowest BCUT2D eigenvalue weighted by Crippen LogP contribution is -2.10. The zero-order chi connectivity index (χ0) is 17.2. The van der Waals surface area contributed by atoms with Crippen LogP contribution in [0.2, 0.25) is 0 Å². The number of aromatic nitrogens is 2. The maximum atomic E-state index is 12.4. The Bertz CT molecular complexity index is 1020. The summed E-state index contributed by atoms with van der Waals surface area (Å²) < 4.78 is 16.6. The molecule has 0 radical (unpaired) electrons. The third-order valence-corrected chi connectivity index (χ3v) is 4.13. The third-order valence-electron chi connectivity index (χ3n) is 3.45. The molecule has 1 N–H and O–H groups in total. The van der Waals surface area contributed by atoms with Crippen molar-refractivity contribution in [2.45, 2.75) is 6.92 Å². The van der Waals surface area contributed by atoms with Crippen molar-refractivity contribution in [1.29, 1.82) is 0 Å². The van der Waals surface area contributed by atoms with Crippen LogP contribution in [0.5, 0.6) is 5.75 Å². The van der Waals surface area contributed by atoms with E-state index >= 15 is 0 Å². The molecule has 1 amide bonds. The lowest BCUT2D eigenvalue weighted by Gasteiger charge is -2.02. The molecule has 0 aliphatic rings. The fourth-order valence-corrected chi connectivity index (χ4v) is 2.98. The minimum Gasteiger partial charge on any atom is -0.490 e. The molecule has 0 saturated carbocycles. The van der Waals surface area contributed by atoms with E-state index in [2.05, 4.69) is 15.5 Å². The Kier molecular flexibility index (Phi) is 3.95. The molecule has 126 valence electrons. The van der Waals surface area contributed by atoms with E-state index in [0.717, 1.165) is 10.9 Å². The summed E-state index contributed by atoms with van der Waals surface area (Å²) in [5.74, 6) is 0.605. The zero-order valence-electron chi connectivity index (χ0n) is 13.2. The number of carbonyl (C=O) groups is 1. The van der Waals surface area contributed by atoms with E-state index in [4.69, 9.17) is 13.6 Å². The number of nitrogens with one attached hydrogen (secondary N) is 1. The zero-order valence-corrected chi connectivity index (χ0v) is 14.0. The number of thiophene rings is 1. The second kappa shape index (κ2) is 6.40. The molecule has 8 heteroatoms. The van der Waals surface area contributed by atoms with Gasteiger partial charge in [-0.25, -0.2) is 0 Å². The van der Waals surface area contributed by atoms with Crippen LogP contribution in [0.1, 0.15) is 17.5 Å². The molecule has 0 aliphatic heterocycles. The van der Waals surface area contributed by atoms with Gasteiger partial charge in [0, 0.05) is 16.3 Å². The van der Waals surface area contributed by atoms with Gasteiger partial charge < -0.3 is 13.6 Å². The van der Waals surface area contributed by atoms with Gasteiger partial charge in [0.15, 0.2) is 17.1 Å². The van der Waals surface area contributed by atoms with E-state index in [1.807, 2.05) is 35.9 Å². The van der Waals surface area contributed by atoms with Crippen LogP contribution in [-0.2, 0) is 0 Å². The van der Waals surface area contributed by atoms with Crippen molar-refractivity contribution >= 4 is 34.2 Å². The minimum absolute atomic E-state index is 0.0108. The molecular weight excluding hydrogens is 342 g/mol. The number of hydrogen-bond acceptors (Lipinski definition) is 7. The number of fused-ring (bicyclic) bond motifs is 1. The average molecular weight is 355 g/mol. The van der Waals surface area contributed by atoms with Crippen LogP contribution in [-0.4, -0.2) is 22.7 Å². The van der Waals surface area contributed by atoms with Crippen LogP contribution < -0.4 is 10.1 Å². The highest BCUT2D eigenvalue weighted by Gasteiger charge is 2.18. The Labute approximate surface area is 146 Å². The van der Waals surface area contributed by atoms with Gasteiger partial charge >= 0.3 is 6.01 Å². The van der Waals surface area contributed by atoms with Crippen LogP contribution >= 0.6 is 11.3 Å². The summed E-state index contributed by atoms with van der Waals surface area (Å²) >= 11 is 1.52. The molecule has 4 rings (SSSR count). The standard InChI is InChI=1S/C17H13N3O4S/c1-2-22-12-5-3-4-10-8-13(23-14(10)12)15(21)18-17-20-19-16(24-17)11-6-7-25-9-11/h3-9H,2H2,1H3,(H,18,20,21). The molecule has 0 spiro atoms. The van der Waals surface area contributed by atoms with Crippen molar-refractivity contribution < 1.29 is 18.4 Å². The fraction of sp³-hybridized carbons (Fsp3) is 0.118. The van der Waals surface area contributed by atoms with Gasteiger partial charge in [0.2, 0.25) is 0 Å². The molecular formula is C17H13N3O4S. The van der Waals surface area contributed by atoms with Crippen molar-refractivity contribution in [3.8, 4) is 17.2 Å². The number of para-hydroxylation sites is 1. The lowest BCUT2D eigenvalue weighted by atomic mass is 10.2. The van der Waals surface area contributed by atoms with Gasteiger partial charge in [-0.3, -0.25) is 10.1 Å². The summed E-state index contributed by atoms with van der Waals surface area (Å²) in [6, 6.07) is 9.00.